The first kappa shape index (κ1) is 20.0. The Bertz CT molecular complexity index is 832. The van der Waals surface area contributed by atoms with Crippen LogP contribution in [-0.4, -0.2) is 32.4 Å². The van der Waals surface area contributed by atoms with E-state index in [4.69, 9.17) is 4.74 Å². The Morgan fingerprint density at radius 1 is 1.12 bits per heavy atom. The minimum atomic E-state index is -3.46. The molecule has 0 aliphatic carbocycles. The third kappa shape index (κ3) is 6.52. The van der Waals surface area contributed by atoms with Gasteiger partial charge in [-0.3, -0.25) is 4.79 Å². The minimum Gasteiger partial charge on any atom is -0.492 e. The first-order valence-corrected chi connectivity index (χ1v) is 10.5. The van der Waals surface area contributed by atoms with Crippen molar-refractivity contribution in [1.29, 1.82) is 0 Å². The van der Waals surface area contributed by atoms with Gasteiger partial charge in [0.2, 0.25) is 5.91 Å². The number of carbonyl (C=O) groups excluding carboxylic acids is 1. The predicted octanol–water partition coefficient (Wildman–Crippen LogP) is 3.38. The summed E-state index contributed by atoms with van der Waals surface area (Å²) in [5.41, 5.74) is 2.58. The Balaban J connectivity index is 1.90. The second kappa shape index (κ2) is 9.38. The smallest absolute Gasteiger partial charge is 0.239 e. The molecule has 0 aliphatic rings. The number of carbonyl (C=O) groups is 1. The summed E-state index contributed by atoms with van der Waals surface area (Å²) >= 11 is 0. The van der Waals surface area contributed by atoms with Gasteiger partial charge in [-0.1, -0.05) is 36.4 Å². The Labute approximate surface area is 155 Å². The van der Waals surface area contributed by atoms with Crippen molar-refractivity contribution >= 4 is 21.4 Å². The highest BCUT2D eigenvalue weighted by atomic mass is 32.2. The normalized spacial score (nSPS) is 11.2. The largest absolute Gasteiger partial charge is 0.492 e. The maximum absolute atomic E-state index is 12.2. The summed E-state index contributed by atoms with van der Waals surface area (Å²) in [6, 6.07) is 15.1. The van der Waals surface area contributed by atoms with Crippen molar-refractivity contribution in [3.8, 4) is 5.75 Å². The minimum absolute atomic E-state index is 0.0124. The van der Waals surface area contributed by atoms with Crippen LogP contribution in [0.25, 0.3) is 0 Å². The fourth-order valence-electron chi connectivity index (χ4n) is 2.61. The van der Waals surface area contributed by atoms with E-state index < -0.39 is 21.5 Å². The third-order valence-electron chi connectivity index (χ3n) is 3.83. The molecule has 0 spiro atoms. The van der Waals surface area contributed by atoms with Gasteiger partial charge in [0.25, 0.3) is 0 Å². The summed E-state index contributed by atoms with van der Waals surface area (Å²) in [6.45, 7) is 4.24. The number of rotatable bonds is 9. The number of ether oxygens (including phenoxy) is 1. The second-order valence-corrected chi connectivity index (χ2v) is 8.35. The average molecular weight is 375 g/mol. The number of benzene rings is 2. The van der Waals surface area contributed by atoms with Gasteiger partial charge in [-0.2, -0.15) is 0 Å². The van der Waals surface area contributed by atoms with Gasteiger partial charge in [0.1, 0.15) is 11.5 Å². The van der Waals surface area contributed by atoms with Gasteiger partial charge in [0.05, 0.1) is 18.0 Å². The fraction of sp³-hybridized carbons (Fsp3) is 0.350. The molecule has 2 aromatic rings. The van der Waals surface area contributed by atoms with Crippen LogP contribution in [0.4, 0.5) is 5.69 Å². The molecule has 0 atom stereocenters. The molecule has 0 heterocycles. The summed E-state index contributed by atoms with van der Waals surface area (Å²) in [7, 11) is -3.46. The van der Waals surface area contributed by atoms with Crippen LogP contribution >= 0.6 is 0 Å². The lowest BCUT2D eigenvalue weighted by Crippen LogP contribution is -2.25. The van der Waals surface area contributed by atoms with Crippen LogP contribution in [0.2, 0.25) is 0 Å². The number of aryl methyl sites for hydroxylation is 2. The zero-order valence-corrected chi connectivity index (χ0v) is 16.0. The van der Waals surface area contributed by atoms with E-state index in [1.54, 1.807) is 6.07 Å². The standard InChI is InChI=1S/C20H25NO4S/c1-3-25-19-14-16(2)11-12-18(19)21-20(22)15-26(23,24)13-7-10-17-8-5-4-6-9-17/h4-6,8-9,11-12,14H,3,7,10,13,15H2,1-2H3,(H,21,22). The quantitative estimate of drug-likeness (QED) is 0.729. The summed E-state index contributed by atoms with van der Waals surface area (Å²) in [5, 5.41) is 2.64. The van der Waals surface area contributed by atoms with Crippen molar-refractivity contribution < 1.29 is 17.9 Å². The molecular formula is C20H25NO4S. The topological polar surface area (TPSA) is 72.5 Å². The highest BCUT2D eigenvalue weighted by molar-refractivity contribution is 7.92. The van der Waals surface area contributed by atoms with Gasteiger partial charge in [0, 0.05) is 0 Å². The van der Waals surface area contributed by atoms with Crippen molar-refractivity contribution in [1.82, 2.24) is 0 Å². The first-order chi connectivity index (χ1) is 12.4. The van der Waals surface area contributed by atoms with Crippen LogP contribution in [0.5, 0.6) is 5.75 Å². The molecule has 0 saturated carbocycles. The van der Waals surface area contributed by atoms with Gasteiger partial charge in [-0.25, -0.2) is 8.42 Å². The third-order valence-corrected chi connectivity index (χ3v) is 5.44. The molecule has 5 nitrogen and oxygen atoms in total. The Morgan fingerprint density at radius 2 is 1.85 bits per heavy atom. The van der Waals surface area contributed by atoms with Gasteiger partial charge in [-0.05, 0) is 49.9 Å². The highest BCUT2D eigenvalue weighted by Crippen LogP contribution is 2.25. The molecule has 6 heteroatoms. The van der Waals surface area contributed by atoms with Gasteiger partial charge >= 0.3 is 0 Å². The number of anilines is 1. The molecule has 0 radical (unpaired) electrons. The SMILES string of the molecule is CCOc1cc(C)ccc1NC(=O)CS(=O)(=O)CCCc1ccccc1. The zero-order valence-electron chi connectivity index (χ0n) is 15.2. The number of sulfone groups is 1. The number of hydrogen-bond acceptors (Lipinski definition) is 4. The van der Waals surface area contributed by atoms with Crippen LogP contribution < -0.4 is 10.1 Å². The number of nitrogens with one attached hydrogen (secondary N) is 1. The molecule has 1 amide bonds. The molecule has 0 aromatic heterocycles. The van der Waals surface area contributed by atoms with Crippen LogP contribution in [0.15, 0.2) is 48.5 Å². The summed E-state index contributed by atoms with van der Waals surface area (Å²) in [5.74, 6) is -0.542. The van der Waals surface area contributed by atoms with Crippen LogP contribution in [-0.2, 0) is 21.1 Å². The van der Waals surface area contributed by atoms with Crippen molar-refractivity contribution in [2.75, 3.05) is 23.4 Å². The van der Waals surface area contributed by atoms with Crippen molar-refractivity contribution in [2.45, 2.75) is 26.7 Å². The first-order valence-electron chi connectivity index (χ1n) is 8.67. The molecule has 0 fully saturated rings. The molecule has 26 heavy (non-hydrogen) atoms. The lowest BCUT2D eigenvalue weighted by Gasteiger charge is -2.12. The molecule has 0 unspecified atom stereocenters. The zero-order chi connectivity index (χ0) is 19.0. The molecule has 1 N–H and O–H groups in total. The van der Waals surface area contributed by atoms with Crippen molar-refractivity contribution in [3.05, 3.63) is 59.7 Å². The Morgan fingerprint density at radius 3 is 2.54 bits per heavy atom. The van der Waals surface area contributed by atoms with Crippen molar-refractivity contribution in [3.63, 3.8) is 0 Å². The molecule has 2 rings (SSSR count). The average Bonchev–Trinajstić information content (AvgIpc) is 2.58. The summed E-state index contributed by atoms with van der Waals surface area (Å²) < 4.78 is 29.9. The lowest BCUT2D eigenvalue weighted by atomic mass is 10.1. The van der Waals surface area contributed by atoms with Gasteiger partial charge in [0.15, 0.2) is 9.84 Å². The lowest BCUT2D eigenvalue weighted by molar-refractivity contribution is -0.113. The van der Waals surface area contributed by atoms with E-state index in [-0.39, 0.29) is 5.75 Å². The molecule has 0 aliphatic heterocycles. The van der Waals surface area contributed by atoms with Crippen LogP contribution in [0.3, 0.4) is 0 Å². The van der Waals surface area contributed by atoms with E-state index in [1.165, 1.54) is 0 Å². The monoisotopic (exact) mass is 375 g/mol. The van der Waals surface area contributed by atoms with Gasteiger partial charge < -0.3 is 10.1 Å². The van der Waals surface area contributed by atoms with Crippen LogP contribution in [0.1, 0.15) is 24.5 Å². The second-order valence-electron chi connectivity index (χ2n) is 6.16. The van der Waals surface area contributed by atoms with Crippen molar-refractivity contribution in [2.24, 2.45) is 0 Å². The molecule has 2 aromatic carbocycles. The van der Waals surface area contributed by atoms with E-state index in [1.807, 2.05) is 56.3 Å². The maximum atomic E-state index is 12.2. The summed E-state index contributed by atoms with van der Waals surface area (Å²) in [6.07, 6.45) is 1.17. The number of amides is 1. The van der Waals surface area contributed by atoms with E-state index in [0.717, 1.165) is 11.1 Å². The molecule has 0 saturated heterocycles. The Hall–Kier alpha value is -2.34. The van der Waals surface area contributed by atoms with E-state index in [9.17, 15) is 13.2 Å². The van der Waals surface area contributed by atoms with Gasteiger partial charge in [-0.15, -0.1) is 0 Å². The Kier molecular flexibility index (Phi) is 7.21. The summed E-state index contributed by atoms with van der Waals surface area (Å²) in [4.78, 5) is 12.2. The maximum Gasteiger partial charge on any atom is 0.239 e. The molecular weight excluding hydrogens is 350 g/mol. The van der Waals surface area contributed by atoms with E-state index in [0.29, 0.717) is 30.9 Å². The molecule has 0 bridgehead atoms. The van der Waals surface area contributed by atoms with E-state index in [2.05, 4.69) is 5.32 Å². The number of hydrogen-bond donors (Lipinski definition) is 1. The van der Waals surface area contributed by atoms with Crippen LogP contribution in [0, 0.1) is 6.92 Å². The molecule has 140 valence electrons. The fourth-order valence-corrected chi connectivity index (χ4v) is 3.81. The predicted molar refractivity (Wildman–Crippen MR) is 104 cm³/mol. The highest BCUT2D eigenvalue weighted by Gasteiger charge is 2.18. The van der Waals surface area contributed by atoms with E-state index >= 15 is 0 Å².